The summed E-state index contributed by atoms with van der Waals surface area (Å²) in [6.45, 7) is 1.84. The second kappa shape index (κ2) is 5.89. The van der Waals surface area contributed by atoms with Gasteiger partial charge in [0.1, 0.15) is 16.2 Å². The Kier molecular flexibility index (Phi) is 3.92. The summed E-state index contributed by atoms with van der Waals surface area (Å²) in [7, 11) is -2.61. The number of ether oxygens (including phenoxy) is 1. The molecule has 0 atom stereocenters. The van der Waals surface area contributed by atoms with Crippen LogP contribution in [0.2, 0.25) is 0 Å². The van der Waals surface area contributed by atoms with Crippen molar-refractivity contribution in [1.29, 1.82) is 0 Å². The second-order valence-corrected chi connectivity index (χ2v) is 6.48. The highest BCUT2D eigenvalue weighted by Gasteiger charge is 2.22. The standard InChI is InChI=1S/C17H15NO4S/c1-12-10-11-13-6-5-8-15(17(13)18-12)22-23(19,20)16-9-4-3-7-14(16)21-2/h3-11H,1-2H3. The van der Waals surface area contributed by atoms with Gasteiger partial charge in [0, 0.05) is 11.1 Å². The lowest BCUT2D eigenvalue weighted by molar-refractivity contribution is 0.398. The summed E-state index contributed by atoms with van der Waals surface area (Å²) >= 11 is 0. The Morgan fingerprint density at radius 2 is 1.65 bits per heavy atom. The van der Waals surface area contributed by atoms with Crippen molar-refractivity contribution in [1.82, 2.24) is 4.98 Å². The summed E-state index contributed by atoms with van der Waals surface area (Å²) in [4.78, 5) is 4.35. The van der Waals surface area contributed by atoms with Crippen LogP contribution in [0.4, 0.5) is 0 Å². The lowest BCUT2D eigenvalue weighted by atomic mass is 10.2. The van der Waals surface area contributed by atoms with E-state index < -0.39 is 10.1 Å². The smallest absolute Gasteiger partial charge is 0.343 e. The number of fused-ring (bicyclic) bond motifs is 1. The monoisotopic (exact) mass is 329 g/mol. The Balaban J connectivity index is 2.09. The second-order valence-electron chi connectivity index (χ2n) is 4.97. The van der Waals surface area contributed by atoms with E-state index >= 15 is 0 Å². The molecular weight excluding hydrogens is 314 g/mol. The van der Waals surface area contributed by atoms with Gasteiger partial charge in [0.15, 0.2) is 5.75 Å². The summed E-state index contributed by atoms with van der Waals surface area (Å²) in [6, 6.07) is 15.2. The number of rotatable bonds is 4. The maximum atomic E-state index is 12.6. The van der Waals surface area contributed by atoms with Crippen LogP contribution in [0.15, 0.2) is 59.5 Å². The van der Waals surface area contributed by atoms with Crippen LogP contribution in [-0.2, 0) is 10.1 Å². The summed E-state index contributed by atoms with van der Waals surface area (Å²) < 4.78 is 35.6. The van der Waals surface area contributed by atoms with E-state index in [2.05, 4.69) is 4.98 Å². The minimum Gasteiger partial charge on any atom is -0.495 e. The molecular formula is C17H15NO4S. The molecule has 0 unspecified atom stereocenters. The van der Waals surface area contributed by atoms with Crippen LogP contribution >= 0.6 is 0 Å². The van der Waals surface area contributed by atoms with Crippen LogP contribution < -0.4 is 8.92 Å². The molecule has 0 aliphatic heterocycles. The largest absolute Gasteiger partial charge is 0.495 e. The van der Waals surface area contributed by atoms with Crippen molar-refractivity contribution < 1.29 is 17.3 Å². The molecule has 118 valence electrons. The molecule has 1 aromatic heterocycles. The normalized spacial score (nSPS) is 11.4. The number of methoxy groups -OCH3 is 1. The number of benzene rings is 2. The zero-order chi connectivity index (χ0) is 16.4. The van der Waals surface area contributed by atoms with Crippen molar-refractivity contribution in [2.75, 3.05) is 7.11 Å². The van der Waals surface area contributed by atoms with E-state index in [1.807, 2.05) is 25.1 Å². The van der Waals surface area contributed by atoms with Gasteiger partial charge in [-0.3, -0.25) is 0 Å². The Bertz CT molecular complexity index is 967. The maximum absolute atomic E-state index is 12.6. The molecule has 0 aliphatic rings. The molecule has 0 bridgehead atoms. The summed E-state index contributed by atoms with van der Waals surface area (Å²) in [6.07, 6.45) is 0. The Hall–Kier alpha value is -2.60. The highest BCUT2D eigenvalue weighted by Crippen LogP contribution is 2.30. The molecule has 23 heavy (non-hydrogen) atoms. The lowest BCUT2D eigenvalue weighted by Gasteiger charge is -2.11. The van der Waals surface area contributed by atoms with Crippen molar-refractivity contribution in [3.63, 3.8) is 0 Å². The van der Waals surface area contributed by atoms with Gasteiger partial charge in [-0.1, -0.05) is 30.3 Å². The third kappa shape index (κ3) is 2.98. The molecule has 1 heterocycles. The van der Waals surface area contributed by atoms with Crippen LogP contribution in [0, 0.1) is 6.92 Å². The van der Waals surface area contributed by atoms with Crippen molar-refractivity contribution in [3.05, 3.63) is 60.3 Å². The minimum atomic E-state index is -4.03. The molecule has 0 fully saturated rings. The van der Waals surface area contributed by atoms with Crippen LogP contribution in [0.25, 0.3) is 10.9 Å². The van der Waals surface area contributed by atoms with Crippen molar-refractivity contribution in [2.45, 2.75) is 11.8 Å². The molecule has 0 amide bonds. The lowest BCUT2D eigenvalue weighted by Crippen LogP contribution is -2.11. The van der Waals surface area contributed by atoms with E-state index in [0.717, 1.165) is 11.1 Å². The number of pyridine rings is 1. The van der Waals surface area contributed by atoms with Gasteiger partial charge in [0.05, 0.1) is 7.11 Å². The Morgan fingerprint density at radius 1 is 0.913 bits per heavy atom. The molecule has 0 aliphatic carbocycles. The molecule has 3 rings (SSSR count). The van der Waals surface area contributed by atoms with Crippen LogP contribution in [0.3, 0.4) is 0 Å². The van der Waals surface area contributed by atoms with E-state index in [1.165, 1.54) is 13.2 Å². The van der Waals surface area contributed by atoms with Crippen LogP contribution in [0.1, 0.15) is 5.69 Å². The first-order chi connectivity index (χ1) is 11.0. The highest BCUT2D eigenvalue weighted by molar-refractivity contribution is 7.87. The van der Waals surface area contributed by atoms with Gasteiger partial charge < -0.3 is 8.92 Å². The fourth-order valence-corrected chi connectivity index (χ4v) is 3.38. The molecule has 0 N–H and O–H groups in total. The predicted octanol–water partition coefficient (Wildman–Crippen LogP) is 3.32. The molecule has 6 heteroatoms. The molecule has 0 spiro atoms. The predicted molar refractivity (Wildman–Crippen MR) is 87.3 cm³/mol. The topological polar surface area (TPSA) is 65.5 Å². The molecule has 0 saturated heterocycles. The average Bonchev–Trinajstić information content (AvgIpc) is 2.55. The molecule has 0 radical (unpaired) electrons. The maximum Gasteiger partial charge on any atom is 0.343 e. The number of para-hydroxylation sites is 2. The first-order valence-electron chi connectivity index (χ1n) is 6.95. The molecule has 3 aromatic rings. The van der Waals surface area contributed by atoms with E-state index in [4.69, 9.17) is 8.92 Å². The Morgan fingerprint density at radius 3 is 2.43 bits per heavy atom. The van der Waals surface area contributed by atoms with Crippen LogP contribution in [-0.4, -0.2) is 20.5 Å². The minimum absolute atomic E-state index is 0.0212. The quantitative estimate of drug-likeness (QED) is 0.687. The van der Waals surface area contributed by atoms with Gasteiger partial charge in [0.2, 0.25) is 0 Å². The van der Waals surface area contributed by atoms with Crippen LogP contribution in [0.5, 0.6) is 11.5 Å². The number of aromatic nitrogens is 1. The van der Waals surface area contributed by atoms with Crippen molar-refractivity contribution in [3.8, 4) is 11.5 Å². The molecule has 5 nitrogen and oxygen atoms in total. The van der Waals surface area contributed by atoms with Gasteiger partial charge in [-0.05, 0) is 31.2 Å². The first-order valence-corrected chi connectivity index (χ1v) is 8.36. The average molecular weight is 329 g/mol. The first kappa shape index (κ1) is 15.3. The SMILES string of the molecule is COc1ccccc1S(=O)(=O)Oc1cccc2ccc(C)nc12. The van der Waals surface area contributed by atoms with Crippen molar-refractivity contribution in [2.24, 2.45) is 0 Å². The third-order valence-corrected chi connectivity index (χ3v) is 4.64. The van der Waals surface area contributed by atoms with Gasteiger partial charge >= 0.3 is 10.1 Å². The van der Waals surface area contributed by atoms with Gasteiger partial charge in [-0.25, -0.2) is 4.98 Å². The fourth-order valence-electron chi connectivity index (χ4n) is 2.27. The van der Waals surface area contributed by atoms with Gasteiger partial charge in [0.25, 0.3) is 0 Å². The Labute approximate surface area is 134 Å². The summed E-state index contributed by atoms with van der Waals surface area (Å²) in [5.41, 5.74) is 1.29. The molecule has 2 aromatic carbocycles. The fraction of sp³-hybridized carbons (Fsp3) is 0.118. The number of aryl methyl sites for hydroxylation is 1. The van der Waals surface area contributed by atoms with E-state index in [0.29, 0.717) is 5.52 Å². The number of nitrogens with zero attached hydrogens (tertiary/aromatic N) is 1. The summed E-state index contributed by atoms with van der Waals surface area (Å²) in [5.74, 6) is 0.425. The highest BCUT2D eigenvalue weighted by atomic mass is 32.2. The van der Waals surface area contributed by atoms with Gasteiger partial charge in [-0.2, -0.15) is 8.42 Å². The van der Waals surface area contributed by atoms with Gasteiger partial charge in [-0.15, -0.1) is 0 Å². The van der Waals surface area contributed by atoms with E-state index in [-0.39, 0.29) is 16.4 Å². The number of hydrogen-bond acceptors (Lipinski definition) is 5. The zero-order valence-corrected chi connectivity index (χ0v) is 13.5. The third-order valence-electron chi connectivity index (χ3n) is 3.36. The summed E-state index contributed by atoms with van der Waals surface area (Å²) in [5, 5.41) is 0.809. The number of hydrogen-bond donors (Lipinski definition) is 0. The molecule has 0 saturated carbocycles. The van der Waals surface area contributed by atoms with E-state index in [1.54, 1.807) is 30.3 Å². The van der Waals surface area contributed by atoms with E-state index in [9.17, 15) is 8.42 Å². The van der Waals surface area contributed by atoms with Crippen molar-refractivity contribution >= 4 is 21.0 Å². The zero-order valence-electron chi connectivity index (χ0n) is 12.7.